The fraction of sp³-hybridized carbons (Fsp3) is 0.500. The minimum atomic E-state index is -0.492. The number of rotatable bonds is 7. The topological polar surface area (TPSA) is 44.8 Å². The van der Waals surface area contributed by atoms with Gasteiger partial charge in [-0.3, -0.25) is 0 Å². The Balaban J connectivity index is 2.49. The molecule has 0 aliphatic rings. The van der Waals surface area contributed by atoms with Crippen LogP contribution in [0.15, 0.2) is 24.3 Å². The highest BCUT2D eigenvalue weighted by atomic mass is 16.7. The van der Waals surface area contributed by atoms with E-state index in [1.54, 1.807) is 12.1 Å². The molecule has 0 saturated heterocycles. The third-order valence-electron chi connectivity index (χ3n) is 2.31. The zero-order valence-electron chi connectivity index (χ0n) is 11.1. The summed E-state index contributed by atoms with van der Waals surface area (Å²) in [6, 6.07) is 7.28. The summed E-state index contributed by atoms with van der Waals surface area (Å²) in [5.74, 6) is -0.358. The van der Waals surface area contributed by atoms with Gasteiger partial charge in [0.05, 0.1) is 5.56 Å². The van der Waals surface area contributed by atoms with E-state index in [0.717, 1.165) is 5.56 Å². The van der Waals surface area contributed by atoms with Crippen molar-refractivity contribution in [2.75, 3.05) is 19.8 Å². The number of hydrogen-bond donors (Lipinski definition) is 0. The van der Waals surface area contributed by atoms with Crippen LogP contribution in [0.3, 0.4) is 0 Å². The summed E-state index contributed by atoms with van der Waals surface area (Å²) < 4.78 is 15.7. The Morgan fingerprint density at radius 1 is 1.22 bits per heavy atom. The molecule has 4 heteroatoms. The van der Waals surface area contributed by atoms with Gasteiger partial charge in [0.2, 0.25) is 0 Å². The van der Waals surface area contributed by atoms with E-state index in [4.69, 9.17) is 14.2 Å². The number of esters is 1. The summed E-state index contributed by atoms with van der Waals surface area (Å²) in [6.45, 7) is 6.82. The number of carbonyl (C=O) groups is 1. The first-order valence-electron chi connectivity index (χ1n) is 6.14. The highest BCUT2D eigenvalue weighted by Gasteiger charge is 2.13. The standard InChI is InChI=1S/C14H20O4/c1-4-16-13(17-5-2)10-18-14(15)12-8-6-7-11(3)9-12/h6-9,13H,4-5,10H2,1-3H3. The highest BCUT2D eigenvalue weighted by Crippen LogP contribution is 2.06. The van der Waals surface area contributed by atoms with E-state index >= 15 is 0 Å². The van der Waals surface area contributed by atoms with Crippen LogP contribution in [0, 0.1) is 6.92 Å². The monoisotopic (exact) mass is 252 g/mol. The maximum Gasteiger partial charge on any atom is 0.338 e. The number of benzene rings is 1. The summed E-state index contributed by atoms with van der Waals surface area (Å²) in [7, 11) is 0. The van der Waals surface area contributed by atoms with Crippen LogP contribution < -0.4 is 0 Å². The zero-order chi connectivity index (χ0) is 13.4. The molecule has 18 heavy (non-hydrogen) atoms. The molecule has 1 rings (SSSR count). The molecule has 1 aromatic rings. The number of aryl methyl sites for hydroxylation is 1. The fourth-order valence-corrected chi connectivity index (χ4v) is 1.52. The Morgan fingerprint density at radius 2 is 1.89 bits per heavy atom. The molecule has 0 saturated carbocycles. The molecule has 0 N–H and O–H groups in total. The zero-order valence-corrected chi connectivity index (χ0v) is 11.1. The Bertz CT molecular complexity index is 370. The van der Waals surface area contributed by atoms with Gasteiger partial charge in [0.25, 0.3) is 0 Å². The third kappa shape index (κ3) is 4.85. The summed E-state index contributed by atoms with van der Waals surface area (Å²) in [5.41, 5.74) is 1.57. The maximum atomic E-state index is 11.8. The lowest BCUT2D eigenvalue weighted by Gasteiger charge is -2.16. The van der Waals surface area contributed by atoms with Crippen LogP contribution in [0.1, 0.15) is 29.8 Å². The van der Waals surface area contributed by atoms with Gasteiger partial charge in [-0.25, -0.2) is 4.79 Å². The van der Waals surface area contributed by atoms with Crippen LogP contribution in [0.25, 0.3) is 0 Å². The van der Waals surface area contributed by atoms with Crippen molar-refractivity contribution >= 4 is 5.97 Å². The van der Waals surface area contributed by atoms with Crippen molar-refractivity contribution in [3.05, 3.63) is 35.4 Å². The number of hydrogen-bond acceptors (Lipinski definition) is 4. The molecule has 0 aromatic heterocycles. The fourth-order valence-electron chi connectivity index (χ4n) is 1.52. The van der Waals surface area contributed by atoms with Crippen molar-refractivity contribution in [1.82, 2.24) is 0 Å². The Morgan fingerprint density at radius 3 is 2.44 bits per heavy atom. The molecule has 0 heterocycles. The smallest absolute Gasteiger partial charge is 0.338 e. The molecular formula is C14H20O4. The van der Waals surface area contributed by atoms with Gasteiger partial charge in [-0.05, 0) is 32.9 Å². The summed E-state index contributed by atoms with van der Waals surface area (Å²) in [4.78, 5) is 11.8. The van der Waals surface area contributed by atoms with E-state index in [0.29, 0.717) is 18.8 Å². The van der Waals surface area contributed by atoms with E-state index in [-0.39, 0.29) is 12.6 Å². The first-order valence-corrected chi connectivity index (χ1v) is 6.14. The van der Waals surface area contributed by atoms with E-state index < -0.39 is 6.29 Å². The van der Waals surface area contributed by atoms with Gasteiger partial charge >= 0.3 is 5.97 Å². The predicted molar refractivity (Wildman–Crippen MR) is 68.5 cm³/mol. The number of ether oxygens (including phenoxy) is 3. The second-order valence-electron chi connectivity index (χ2n) is 3.81. The Kier molecular flexibility index (Phi) is 6.39. The Hall–Kier alpha value is -1.39. The van der Waals surface area contributed by atoms with E-state index in [1.807, 2.05) is 32.9 Å². The van der Waals surface area contributed by atoms with E-state index in [1.165, 1.54) is 0 Å². The van der Waals surface area contributed by atoms with Crippen molar-refractivity contribution in [3.63, 3.8) is 0 Å². The molecule has 0 aliphatic carbocycles. The van der Waals surface area contributed by atoms with Crippen molar-refractivity contribution in [1.29, 1.82) is 0 Å². The lowest BCUT2D eigenvalue weighted by Crippen LogP contribution is -2.25. The van der Waals surface area contributed by atoms with Gasteiger partial charge in [-0.15, -0.1) is 0 Å². The van der Waals surface area contributed by atoms with Gasteiger partial charge < -0.3 is 14.2 Å². The first kappa shape index (κ1) is 14.7. The molecule has 0 bridgehead atoms. The van der Waals surface area contributed by atoms with Gasteiger partial charge in [0.1, 0.15) is 6.61 Å². The molecule has 0 spiro atoms. The average molecular weight is 252 g/mol. The molecule has 0 atom stereocenters. The predicted octanol–water partition coefficient (Wildman–Crippen LogP) is 2.55. The molecule has 0 aliphatic heterocycles. The lowest BCUT2D eigenvalue weighted by molar-refractivity contribution is -0.158. The second kappa shape index (κ2) is 7.84. The summed E-state index contributed by atoms with van der Waals surface area (Å²) >= 11 is 0. The van der Waals surface area contributed by atoms with Crippen LogP contribution >= 0.6 is 0 Å². The lowest BCUT2D eigenvalue weighted by atomic mass is 10.1. The van der Waals surface area contributed by atoms with Crippen LogP contribution in [-0.2, 0) is 14.2 Å². The van der Waals surface area contributed by atoms with Crippen LogP contribution in [0.4, 0.5) is 0 Å². The second-order valence-corrected chi connectivity index (χ2v) is 3.81. The quantitative estimate of drug-likeness (QED) is 0.552. The maximum absolute atomic E-state index is 11.8. The van der Waals surface area contributed by atoms with Crippen molar-refractivity contribution < 1.29 is 19.0 Å². The summed E-state index contributed by atoms with van der Waals surface area (Å²) in [5, 5.41) is 0. The van der Waals surface area contributed by atoms with Gasteiger partial charge in [-0.1, -0.05) is 17.7 Å². The van der Waals surface area contributed by atoms with Crippen LogP contribution in [0.2, 0.25) is 0 Å². The third-order valence-corrected chi connectivity index (χ3v) is 2.31. The van der Waals surface area contributed by atoms with Crippen molar-refractivity contribution in [2.24, 2.45) is 0 Å². The molecule has 1 aromatic carbocycles. The molecule has 4 nitrogen and oxygen atoms in total. The SMILES string of the molecule is CCOC(COC(=O)c1cccc(C)c1)OCC. The van der Waals surface area contributed by atoms with Crippen molar-refractivity contribution in [2.45, 2.75) is 27.1 Å². The molecular weight excluding hydrogens is 232 g/mol. The Labute approximate surface area is 108 Å². The largest absolute Gasteiger partial charge is 0.457 e. The molecule has 0 fully saturated rings. The first-order chi connectivity index (χ1) is 8.67. The summed E-state index contributed by atoms with van der Waals surface area (Å²) in [6.07, 6.45) is -0.492. The molecule has 0 radical (unpaired) electrons. The minimum Gasteiger partial charge on any atom is -0.457 e. The number of carbonyl (C=O) groups excluding carboxylic acids is 1. The van der Waals surface area contributed by atoms with Gasteiger partial charge in [-0.2, -0.15) is 0 Å². The van der Waals surface area contributed by atoms with Gasteiger partial charge in [0.15, 0.2) is 6.29 Å². The van der Waals surface area contributed by atoms with Crippen LogP contribution in [-0.4, -0.2) is 32.1 Å². The normalized spacial score (nSPS) is 10.7. The van der Waals surface area contributed by atoms with E-state index in [9.17, 15) is 4.79 Å². The van der Waals surface area contributed by atoms with Crippen molar-refractivity contribution in [3.8, 4) is 0 Å². The van der Waals surface area contributed by atoms with Gasteiger partial charge in [0, 0.05) is 13.2 Å². The molecule has 100 valence electrons. The molecule has 0 unspecified atom stereocenters. The highest BCUT2D eigenvalue weighted by molar-refractivity contribution is 5.89. The minimum absolute atomic E-state index is 0.106. The van der Waals surface area contributed by atoms with E-state index in [2.05, 4.69) is 0 Å². The molecule has 0 amide bonds. The average Bonchev–Trinajstić information content (AvgIpc) is 2.36. The van der Waals surface area contributed by atoms with Crippen LogP contribution in [0.5, 0.6) is 0 Å².